The van der Waals surface area contributed by atoms with Crippen LogP contribution in [0.2, 0.25) is 0 Å². The van der Waals surface area contributed by atoms with E-state index in [1.54, 1.807) is 35.6 Å². The summed E-state index contributed by atoms with van der Waals surface area (Å²) >= 11 is 1.61. The fourth-order valence-electron chi connectivity index (χ4n) is 3.57. The molecule has 0 fully saturated rings. The van der Waals surface area contributed by atoms with E-state index in [0.717, 1.165) is 26.0 Å². The van der Waals surface area contributed by atoms with Gasteiger partial charge >= 0.3 is 5.97 Å². The highest BCUT2D eigenvalue weighted by molar-refractivity contribution is 7.18. The lowest BCUT2D eigenvalue weighted by molar-refractivity contribution is 0.0690. The number of thiazole rings is 1. The van der Waals surface area contributed by atoms with Crippen LogP contribution in [0.25, 0.3) is 21.0 Å². The minimum atomic E-state index is -1.13. The van der Waals surface area contributed by atoms with Crippen LogP contribution in [0.5, 0.6) is 11.5 Å². The summed E-state index contributed by atoms with van der Waals surface area (Å²) in [4.78, 5) is 32.4. The van der Waals surface area contributed by atoms with Crippen LogP contribution in [0.15, 0.2) is 72.9 Å². The molecule has 0 radical (unpaired) electrons. The van der Waals surface area contributed by atoms with Crippen molar-refractivity contribution in [1.82, 2.24) is 9.97 Å². The Labute approximate surface area is 192 Å². The van der Waals surface area contributed by atoms with Gasteiger partial charge in [0.15, 0.2) is 5.69 Å². The summed E-state index contributed by atoms with van der Waals surface area (Å²) in [6.45, 7) is 1.96. The molecule has 0 saturated heterocycles. The number of rotatable bonds is 5. The molecule has 5 rings (SSSR count). The lowest BCUT2D eigenvalue weighted by Crippen LogP contribution is -2.12. The molecule has 162 valence electrons. The Kier molecular flexibility index (Phi) is 5.20. The Balaban J connectivity index is 1.41. The highest BCUT2D eigenvalue weighted by atomic mass is 32.1. The van der Waals surface area contributed by atoms with Crippen molar-refractivity contribution in [3.63, 3.8) is 0 Å². The van der Waals surface area contributed by atoms with Crippen LogP contribution in [-0.4, -0.2) is 27.0 Å². The fourth-order valence-corrected chi connectivity index (χ4v) is 4.38. The molecule has 33 heavy (non-hydrogen) atoms. The maximum absolute atomic E-state index is 13.0. The molecule has 2 aromatic heterocycles. The SMILES string of the molecule is Cc1nc2cc(NC(=O)c3cccc4cc(Oc5ccnc(C(=O)O)c5)ccc34)ccc2s1. The van der Waals surface area contributed by atoms with Crippen molar-refractivity contribution in [3.05, 3.63) is 89.2 Å². The number of carbonyl (C=O) groups excluding carboxylic acids is 1. The van der Waals surface area contributed by atoms with Gasteiger partial charge in [-0.2, -0.15) is 0 Å². The molecular formula is C25H17N3O4S. The number of nitrogens with zero attached hydrogens (tertiary/aromatic N) is 2. The van der Waals surface area contributed by atoms with E-state index >= 15 is 0 Å². The minimum absolute atomic E-state index is 0.0988. The summed E-state index contributed by atoms with van der Waals surface area (Å²) in [5.74, 6) is -0.463. The minimum Gasteiger partial charge on any atom is -0.477 e. The van der Waals surface area contributed by atoms with Crippen molar-refractivity contribution in [1.29, 1.82) is 0 Å². The van der Waals surface area contributed by atoms with E-state index in [0.29, 0.717) is 22.7 Å². The van der Waals surface area contributed by atoms with Crippen LogP contribution in [0.4, 0.5) is 5.69 Å². The average Bonchev–Trinajstić information content (AvgIpc) is 3.18. The van der Waals surface area contributed by atoms with E-state index in [9.17, 15) is 9.59 Å². The first-order chi connectivity index (χ1) is 16.0. The molecule has 0 aliphatic heterocycles. The van der Waals surface area contributed by atoms with Crippen molar-refractivity contribution in [2.24, 2.45) is 0 Å². The number of hydrogen-bond donors (Lipinski definition) is 2. The number of hydrogen-bond acceptors (Lipinski definition) is 6. The van der Waals surface area contributed by atoms with E-state index in [4.69, 9.17) is 9.84 Å². The maximum atomic E-state index is 13.0. The van der Waals surface area contributed by atoms with Crippen LogP contribution < -0.4 is 10.1 Å². The third-order valence-corrected chi connectivity index (χ3v) is 5.99. The number of aromatic carboxylic acids is 1. The second-order valence-corrected chi connectivity index (χ2v) is 8.58. The molecule has 3 aromatic carbocycles. The Morgan fingerprint density at radius 1 is 1.00 bits per heavy atom. The summed E-state index contributed by atoms with van der Waals surface area (Å²) in [5.41, 5.74) is 1.97. The summed E-state index contributed by atoms with van der Waals surface area (Å²) in [6.07, 6.45) is 1.38. The number of anilines is 1. The Morgan fingerprint density at radius 2 is 1.85 bits per heavy atom. The number of carbonyl (C=O) groups is 2. The van der Waals surface area contributed by atoms with Gasteiger partial charge < -0.3 is 15.2 Å². The van der Waals surface area contributed by atoms with Crippen molar-refractivity contribution < 1.29 is 19.4 Å². The van der Waals surface area contributed by atoms with Crippen molar-refractivity contribution in [3.8, 4) is 11.5 Å². The Bertz CT molecular complexity index is 1540. The molecular weight excluding hydrogens is 438 g/mol. The van der Waals surface area contributed by atoms with Gasteiger partial charge in [0.2, 0.25) is 0 Å². The summed E-state index contributed by atoms with van der Waals surface area (Å²) < 4.78 is 6.88. The lowest BCUT2D eigenvalue weighted by atomic mass is 10.0. The number of aryl methyl sites for hydroxylation is 1. The molecule has 0 aliphatic rings. The summed E-state index contributed by atoms with van der Waals surface area (Å²) in [5, 5.41) is 14.6. The second kappa shape index (κ2) is 8.33. The van der Waals surface area contributed by atoms with E-state index < -0.39 is 5.97 Å². The number of nitrogens with one attached hydrogen (secondary N) is 1. The molecule has 7 nitrogen and oxygen atoms in total. The number of aromatic nitrogens is 2. The smallest absolute Gasteiger partial charge is 0.354 e. The molecule has 5 aromatic rings. The molecule has 2 heterocycles. The van der Waals surface area contributed by atoms with Crippen molar-refractivity contribution in [2.75, 3.05) is 5.32 Å². The molecule has 0 saturated carbocycles. The largest absolute Gasteiger partial charge is 0.477 e. The monoisotopic (exact) mass is 455 g/mol. The van der Waals surface area contributed by atoms with Gasteiger partial charge in [-0.3, -0.25) is 4.79 Å². The summed E-state index contributed by atoms with van der Waals surface area (Å²) in [6, 6.07) is 19.5. The Hall–Kier alpha value is -4.30. The number of amides is 1. The van der Waals surface area contributed by atoms with Gasteiger partial charge in [0.25, 0.3) is 5.91 Å². The third kappa shape index (κ3) is 4.24. The maximum Gasteiger partial charge on any atom is 0.354 e. The number of ether oxygens (including phenoxy) is 1. The second-order valence-electron chi connectivity index (χ2n) is 7.34. The van der Waals surface area contributed by atoms with Gasteiger partial charge in [-0.25, -0.2) is 14.8 Å². The molecule has 0 aliphatic carbocycles. The third-order valence-electron chi connectivity index (χ3n) is 5.04. The molecule has 0 atom stereocenters. The highest BCUT2D eigenvalue weighted by Gasteiger charge is 2.13. The van der Waals surface area contributed by atoms with Crippen LogP contribution in [0, 0.1) is 6.92 Å². The molecule has 0 spiro atoms. The zero-order valence-corrected chi connectivity index (χ0v) is 18.2. The molecule has 0 unspecified atom stereocenters. The molecule has 8 heteroatoms. The summed E-state index contributed by atoms with van der Waals surface area (Å²) in [7, 11) is 0. The standard InChI is InChI=1S/C25H17N3O4S/c1-14-27-21-12-16(5-8-23(21)33-14)28-24(29)20-4-2-3-15-11-17(6-7-19(15)20)32-18-9-10-26-22(13-18)25(30)31/h2-13H,1H3,(H,28,29)(H,30,31). The van der Waals surface area contributed by atoms with E-state index in [2.05, 4.69) is 15.3 Å². The number of carboxylic acids is 1. The van der Waals surface area contributed by atoms with Crippen molar-refractivity contribution >= 4 is 49.9 Å². The molecule has 1 amide bonds. The lowest BCUT2D eigenvalue weighted by Gasteiger charge is -2.11. The number of carboxylic acid groups (broad SMARTS) is 1. The predicted molar refractivity (Wildman–Crippen MR) is 128 cm³/mol. The average molecular weight is 455 g/mol. The van der Waals surface area contributed by atoms with Gasteiger partial charge in [-0.1, -0.05) is 12.1 Å². The topological polar surface area (TPSA) is 101 Å². The quantitative estimate of drug-likeness (QED) is 0.342. The van der Waals surface area contributed by atoms with E-state index in [-0.39, 0.29) is 11.6 Å². The van der Waals surface area contributed by atoms with Gasteiger partial charge in [0, 0.05) is 23.5 Å². The number of benzene rings is 3. The normalized spacial score (nSPS) is 10.9. The highest BCUT2D eigenvalue weighted by Crippen LogP contribution is 2.29. The predicted octanol–water partition coefficient (Wildman–Crippen LogP) is 5.90. The van der Waals surface area contributed by atoms with Crippen LogP contribution in [0.1, 0.15) is 25.9 Å². The number of fused-ring (bicyclic) bond motifs is 2. The first-order valence-corrected chi connectivity index (χ1v) is 10.9. The van der Waals surface area contributed by atoms with Crippen LogP contribution in [-0.2, 0) is 0 Å². The van der Waals surface area contributed by atoms with Gasteiger partial charge in [-0.15, -0.1) is 11.3 Å². The van der Waals surface area contributed by atoms with Crippen LogP contribution in [0.3, 0.4) is 0 Å². The zero-order chi connectivity index (χ0) is 22.9. The Morgan fingerprint density at radius 3 is 2.70 bits per heavy atom. The van der Waals surface area contributed by atoms with Gasteiger partial charge in [-0.05, 0) is 66.2 Å². The number of pyridine rings is 1. The van der Waals surface area contributed by atoms with Crippen LogP contribution >= 0.6 is 11.3 Å². The van der Waals surface area contributed by atoms with Gasteiger partial charge in [0.1, 0.15) is 11.5 Å². The molecule has 2 N–H and O–H groups in total. The first kappa shape index (κ1) is 20.6. The van der Waals surface area contributed by atoms with E-state index in [1.165, 1.54) is 12.3 Å². The fraction of sp³-hybridized carbons (Fsp3) is 0.0400. The van der Waals surface area contributed by atoms with Gasteiger partial charge in [0.05, 0.1) is 15.2 Å². The van der Waals surface area contributed by atoms with Crippen molar-refractivity contribution in [2.45, 2.75) is 6.92 Å². The zero-order valence-electron chi connectivity index (χ0n) is 17.4. The van der Waals surface area contributed by atoms with E-state index in [1.807, 2.05) is 43.3 Å². The molecule has 0 bridgehead atoms. The first-order valence-electron chi connectivity index (χ1n) is 10.0.